The Labute approximate surface area is 473 Å². The minimum absolute atomic E-state index is 0. The zero-order valence-corrected chi connectivity index (χ0v) is 54.4. The fraction of sp³-hybridized carbons (Fsp3) is 0.808. The first-order valence-corrected chi connectivity index (χ1v) is 29.1. The molecule has 4 N–H and O–H groups in total. The molecule has 0 saturated carbocycles. The lowest BCUT2D eigenvalue weighted by Gasteiger charge is -2.32. The first-order valence-electron chi connectivity index (χ1n) is 26.8. The van der Waals surface area contributed by atoms with E-state index in [0.29, 0.717) is 13.1 Å². The van der Waals surface area contributed by atoms with E-state index in [-0.39, 0.29) is 53.0 Å². The molecule has 5 rings (SSSR count). The second-order valence-electron chi connectivity index (χ2n) is 17.6. The highest BCUT2D eigenvalue weighted by atomic mass is 35.7. The molecule has 0 radical (unpaired) electrons. The molecule has 3 atom stereocenters. The molecule has 3 unspecified atom stereocenters. The van der Waals surface area contributed by atoms with Crippen LogP contribution in [0.4, 0.5) is 4.79 Å². The van der Waals surface area contributed by atoms with E-state index < -0.39 is 9.05 Å². The molecule has 4 heterocycles. The first kappa shape index (κ1) is 83.6. The summed E-state index contributed by atoms with van der Waals surface area (Å²) in [6.45, 7) is 38.9. The lowest BCUT2D eigenvalue weighted by Crippen LogP contribution is -3.00. The quantitative estimate of drug-likeness (QED) is 0.0336. The van der Waals surface area contributed by atoms with Gasteiger partial charge in [0.25, 0.3) is 9.05 Å². The Kier molecular flexibility index (Phi) is 68.3. The molecule has 4 aliphatic rings. The van der Waals surface area contributed by atoms with E-state index in [1.807, 2.05) is 27.7 Å². The number of carbonyl (C=O) groups is 1. The maximum atomic E-state index is 11.0. The van der Waals surface area contributed by atoms with Crippen LogP contribution in [0.2, 0.25) is 0 Å². The Bertz CT molecular complexity index is 1670. The lowest BCUT2D eigenvalue weighted by molar-refractivity contribution is -0.915. The number of likely N-dealkylation sites (tertiary alicyclic amines) is 4. The molecule has 1 aromatic carbocycles. The zero-order chi connectivity index (χ0) is 52.4. The van der Waals surface area contributed by atoms with Crippen molar-refractivity contribution in [3.63, 3.8) is 0 Å². The Balaban J connectivity index is -0.000000187. The number of aliphatic imine (C=N–C) groups is 5. The number of halogens is 2. The van der Waals surface area contributed by atoms with Gasteiger partial charge < -0.3 is 48.0 Å². The number of nitrogens with two attached hydrogens (primary N) is 1. The van der Waals surface area contributed by atoms with Crippen molar-refractivity contribution in [1.82, 2.24) is 25.3 Å². The van der Waals surface area contributed by atoms with Crippen LogP contribution in [0.3, 0.4) is 0 Å². The van der Waals surface area contributed by atoms with E-state index >= 15 is 0 Å². The van der Waals surface area contributed by atoms with Crippen molar-refractivity contribution >= 4 is 73.6 Å². The van der Waals surface area contributed by atoms with Crippen molar-refractivity contribution in [3.05, 3.63) is 29.8 Å². The van der Waals surface area contributed by atoms with Crippen LogP contribution < -0.4 is 28.8 Å². The topological polar surface area (TPSA) is 190 Å². The fourth-order valence-corrected chi connectivity index (χ4v) is 8.50. The van der Waals surface area contributed by atoms with E-state index in [0.717, 1.165) is 64.2 Å². The van der Waals surface area contributed by atoms with Crippen LogP contribution >= 0.6 is 40.4 Å². The molecule has 436 valence electrons. The number of carbonyl (C=O) groups excluding carboxylic acids is 2. The fourth-order valence-electron chi connectivity index (χ4n) is 7.73. The van der Waals surface area contributed by atoms with Crippen LogP contribution in [-0.4, -0.2) is 189 Å². The van der Waals surface area contributed by atoms with Gasteiger partial charge in [0.15, 0.2) is 0 Å². The third kappa shape index (κ3) is 52.3. The molecular formula is C52H109Cl2N12O4P3S. The molecule has 0 aliphatic carbocycles. The van der Waals surface area contributed by atoms with Gasteiger partial charge in [-0.2, -0.15) is 29.7 Å². The molecule has 16 nitrogen and oxygen atoms in total. The second kappa shape index (κ2) is 60.5. The Hall–Kier alpha value is -1.75. The molecule has 22 heteroatoms. The van der Waals surface area contributed by atoms with Gasteiger partial charge in [-0.05, 0) is 177 Å². The third-order valence-corrected chi connectivity index (χ3v) is 12.9. The number of nitrogens with zero attached hydrogens (tertiary/aromatic N) is 9. The Morgan fingerprint density at radius 2 is 1.07 bits per heavy atom. The van der Waals surface area contributed by atoms with Gasteiger partial charge in [0, 0.05) is 62.7 Å². The summed E-state index contributed by atoms with van der Waals surface area (Å²) in [6, 6.07) is 11.8. The second-order valence-corrected chi connectivity index (χ2v) is 20.2. The minimum atomic E-state index is -3.55. The average Bonchev–Trinajstić information content (AvgIpc) is 4.22. The van der Waals surface area contributed by atoms with Crippen LogP contribution in [0.1, 0.15) is 138 Å². The largest absolute Gasteiger partial charge is 1.00 e. The molecule has 4 fully saturated rings. The van der Waals surface area contributed by atoms with Crippen LogP contribution in [0.25, 0.3) is 0 Å². The predicted molar refractivity (Wildman–Crippen MR) is 329 cm³/mol. The summed E-state index contributed by atoms with van der Waals surface area (Å²) in [4.78, 5) is 47.0. The van der Waals surface area contributed by atoms with Gasteiger partial charge in [0.1, 0.15) is 0 Å². The van der Waals surface area contributed by atoms with Crippen molar-refractivity contribution < 1.29 is 34.9 Å². The number of quaternary nitrogens is 1. The molecule has 2 amide bonds. The van der Waals surface area contributed by atoms with Gasteiger partial charge in [0.2, 0.25) is 6.08 Å². The number of hydrogen-bond donors (Lipinski definition) is 3. The van der Waals surface area contributed by atoms with E-state index in [9.17, 15) is 13.2 Å². The smallest absolute Gasteiger partial charge is 0.314 e. The normalized spacial score (nSPS) is 14.8. The summed E-state index contributed by atoms with van der Waals surface area (Å²) in [6.07, 6.45) is 18.2. The number of isocyanates is 1. The maximum absolute atomic E-state index is 11.0. The number of amides is 2. The lowest BCUT2D eigenvalue weighted by atomic mass is 10.2. The Morgan fingerprint density at radius 3 is 1.43 bits per heavy atom. The van der Waals surface area contributed by atoms with Gasteiger partial charge in [-0.15, -0.1) is 0 Å². The standard InChI is InChI=1S/C12H24N3.C10H21N3O.C10H19N3.C7H7ClO2S.C7H16N2.C3H5NO.C3H8.ClH.3H3P/c1-3-13-12-14-8-7-11-15(4-2)9-5-6-10-15;1-2-11-10(14)12-6-5-9-13-7-3-4-8-13;1-2-11-10-12-6-5-9-13-7-3-4-8-13;1-6-2-4-7(5-3-6)11(8,9)10;8-4-3-7-9-5-1-2-6-9;1-2-4-3-5;1-3-2;;;;/h3-11H2,1-2H3;2-9H2,1H3,(H2,11,12,14);2-9H2,1H3;2-5H,1H3;1-8H2;2H2,1H3;3H2,1-2H3;1H;3*1H3/q+1;;;;;;;;;;/p-1. The molecular weight excluding hydrogens is 1050 g/mol. The van der Waals surface area contributed by atoms with Gasteiger partial charge in [0.05, 0.1) is 56.2 Å². The number of benzene rings is 1. The van der Waals surface area contributed by atoms with Gasteiger partial charge in [-0.25, -0.2) is 43.0 Å². The van der Waals surface area contributed by atoms with Gasteiger partial charge >= 0.3 is 6.03 Å². The molecule has 1 aromatic rings. The number of nitrogens with one attached hydrogen (secondary N) is 2. The minimum Gasteiger partial charge on any atom is -1.00 e. The van der Waals surface area contributed by atoms with E-state index in [1.54, 1.807) is 19.1 Å². The highest BCUT2D eigenvalue weighted by Crippen LogP contribution is 2.19. The molecule has 0 spiro atoms. The number of hydrogen-bond acceptors (Lipinski definition) is 13. The van der Waals surface area contributed by atoms with Gasteiger partial charge in [-0.3, -0.25) is 0 Å². The van der Waals surface area contributed by atoms with Crippen LogP contribution in [0, 0.1) is 6.92 Å². The van der Waals surface area contributed by atoms with Crippen molar-refractivity contribution in [2.75, 3.05) is 137 Å². The SMILES string of the molecule is CCC.CCN=C=NCCCN1CCCC1.CCN=C=NCCC[N+]1(CC)CCCC1.CCN=C=O.CCNC(=O)NCCCN1CCCC1.Cc1ccc(S(=O)(=O)Cl)cc1.NCCCN1CCCC1.P.P.P.[Cl-]. The van der Waals surface area contributed by atoms with Crippen LogP contribution in [-0.2, 0) is 13.8 Å². The first-order chi connectivity index (χ1) is 33.8. The molecule has 0 aromatic heterocycles. The summed E-state index contributed by atoms with van der Waals surface area (Å²) in [5, 5.41) is 5.54. The van der Waals surface area contributed by atoms with Crippen molar-refractivity contribution in [2.45, 2.75) is 144 Å². The summed E-state index contributed by atoms with van der Waals surface area (Å²) < 4.78 is 22.7. The number of aryl methyl sites for hydroxylation is 1. The summed E-state index contributed by atoms with van der Waals surface area (Å²) >= 11 is 0. The van der Waals surface area contributed by atoms with Crippen molar-refractivity contribution in [2.24, 2.45) is 30.7 Å². The highest BCUT2D eigenvalue weighted by Gasteiger charge is 2.29. The number of urea groups is 1. The summed E-state index contributed by atoms with van der Waals surface area (Å²) in [5.41, 5.74) is 6.39. The Morgan fingerprint density at radius 1 is 0.649 bits per heavy atom. The highest BCUT2D eigenvalue weighted by molar-refractivity contribution is 8.13. The third-order valence-electron chi connectivity index (χ3n) is 11.5. The van der Waals surface area contributed by atoms with Crippen molar-refractivity contribution in [3.8, 4) is 0 Å². The van der Waals surface area contributed by atoms with E-state index in [1.165, 1.54) is 172 Å². The van der Waals surface area contributed by atoms with E-state index in [4.69, 9.17) is 21.2 Å². The maximum Gasteiger partial charge on any atom is 0.314 e. The zero-order valence-electron chi connectivity index (χ0n) is 47.9. The molecule has 0 bridgehead atoms. The average molecular weight is 1160 g/mol. The predicted octanol–water partition coefficient (Wildman–Crippen LogP) is 5.95. The summed E-state index contributed by atoms with van der Waals surface area (Å²) in [5.74, 6) is 0. The molecule has 4 aliphatic heterocycles. The van der Waals surface area contributed by atoms with Crippen LogP contribution in [0.5, 0.6) is 0 Å². The van der Waals surface area contributed by atoms with E-state index in [2.05, 4.69) is 83.1 Å². The van der Waals surface area contributed by atoms with Crippen molar-refractivity contribution in [1.29, 1.82) is 0 Å². The van der Waals surface area contributed by atoms with Crippen LogP contribution in [0.15, 0.2) is 54.1 Å². The van der Waals surface area contributed by atoms with Gasteiger partial charge in [-0.1, -0.05) is 38.0 Å². The summed E-state index contributed by atoms with van der Waals surface area (Å²) in [7, 11) is 1.54. The number of rotatable bonds is 21. The molecule has 74 heavy (non-hydrogen) atoms. The molecule has 4 saturated heterocycles. The monoisotopic (exact) mass is 1160 g/mol.